The maximum Gasteiger partial charge on any atom is 0.269 e. The molecule has 0 spiro atoms. The van der Waals surface area contributed by atoms with Crippen molar-refractivity contribution in [1.29, 1.82) is 0 Å². The van der Waals surface area contributed by atoms with Crippen molar-refractivity contribution in [2.24, 2.45) is 0 Å². The number of carbonyl (C=O) groups is 2. The van der Waals surface area contributed by atoms with Crippen molar-refractivity contribution in [3.05, 3.63) is 54.2 Å². The molecule has 5 nitrogen and oxygen atoms in total. The number of nitrogens with zero attached hydrogens (tertiary/aromatic N) is 2. The Hall–Kier alpha value is -2.69. The zero-order chi connectivity index (χ0) is 16.8. The van der Waals surface area contributed by atoms with Gasteiger partial charge in [-0.2, -0.15) is 0 Å². The van der Waals surface area contributed by atoms with Crippen molar-refractivity contribution < 1.29 is 9.59 Å². The Morgan fingerprint density at radius 3 is 2.71 bits per heavy atom. The molecule has 0 unspecified atom stereocenters. The molecule has 2 heterocycles. The van der Waals surface area contributed by atoms with Crippen LogP contribution in [0.25, 0.3) is 11.3 Å². The molecule has 0 radical (unpaired) electrons. The summed E-state index contributed by atoms with van der Waals surface area (Å²) in [5.41, 5.74) is 2.18. The van der Waals surface area contributed by atoms with E-state index >= 15 is 0 Å². The summed E-state index contributed by atoms with van der Waals surface area (Å²) in [4.78, 5) is 30.1. The average Bonchev–Trinajstić information content (AvgIpc) is 3.04. The molecule has 1 aromatic carbocycles. The number of hydrogen-bond acceptors (Lipinski definition) is 3. The van der Waals surface area contributed by atoms with Crippen LogP contribution in [0.3, 0.4) is 0 Å². The van der Waals surface area contributed by atoms with Crippen LogP contribution in [0.2, 0.25) is 0 Å². The highest BCUT2D eigenvalue weighted by atomic mass is 16.2. The molecule has 0 bridgehead atoms. The van der Waals surface area contributed by atoms with E-state index in [1.54, 1.807) is 6.07 Å². The predicted octanol–water partition coefficient (Wildman–Crippen LogP) is 2.49. The number of nitrogens with one attached hydrogen (secondary N) is 1. The quantitative estimate of drug-likeness (QED) is 0.831. The Labute approximate surface area is 141 Å². The van der Waals surface area contributed by atoms with Gasteiger partial charge in [0.1, 0.15) is 5.69 Å². The molecule has 1 N–H and O–H groups in total. The fourth-order valence-electron chi connectivity index (χ4n) is 2.83. The van der Waals surface area contributed by atoms with Crippen molar-refractivity contribution >= 4 is 11.8 Å². The third kappa shape index (κ3) is 3.98. The summed E-state index contributed by atoms with van der Waals surface area (Å²) in [6, 6.07) is 15.2. The molecule has 0 atom stereocenters. The largest absolute Gasteiger partial charge is 0.351 e. The molecule has 1 aliphatic rings. The summed E-state index contributed by atoms with van der Waals surface area (Å²) in [6.45, 7) is 2.09. The molecule has 1 fully saturated rings. The normalized spacial score (nSPS) is 14.0. The van der Waals surface area contributed by atoms with Gasteiger partial charge in [-0.1, -0.05) is 36.4 Å². The minimum Gasteiger partial charge on any atom is -0.351 e. The molecular weight excluding hydrogens is 302 g/mol. The smallest absolute Gasteiger partial charge is 0.269 e. The number of rotatable bonds is 6. The molecule has 1 aromatic heterocycles. The first kappa shape index (κ1) is 16.2. The van der Waals surface area contributed by atoms with E-state index < -0.39 is 0 Å². The van der Waals surface area contributed by atoms with Gasteiger partial charge in [0.2, 0.25) is 5.91 Å². The Morgan fingerprint density at radius 1 is 1.12 bits per heavy atom. The molecule has 5 heteroatoms. The SMILES string of the molecule is O=C(NCCCN1CCCC1=O)c1cccc(-c2ccccc2)n1. The van der Waals surface area contributed by atoms with Crippen LogP contribution in [0.15, 0.2) is 48.5 Å². The molecular formula is C19H21N3O2. The van der Waals surface area contributed by atoms with Gasteiger partial charge in [-0.05, 0) is 25.0 Å². The lowest BCUT2D eigenvalue weighted by molar-refractivity contribution is -0.127. The van der Waals surface area contributed by atoms with E-state index in [0.29, 0.717) is 25.2 Å². The van der Waals surface area contributed by atoms with Gasteiger partial charge in [0.15, 0.2) is 0 Å². The summed E-state index contributed by atoms with van der Waals surface area (Å²) < 4.78 is 0. The standard InChI is InChI=1S/C19H21N3O2/c23-18-11-5-13-22(18)14-6-12-20-19(24)17-10-4-9-16(21-17)15-7-2-1-3-8-15/h1-4,7-10H,5-6,11-14H2,(H,20,24). The second-order valence-electron chi connectivity index (χ2n) is 5.87. The Bertz CT molecular complexity index is 716. The van der Waals surface area contributed by atoms with E-state index in [1.165, 1.54) is 0 Å². The Morgan fingerprint density at radius 2 is 1.96 bits per heavy atom. The second-order valence-corrected chi connectivity index (χ2v) is 5.87. The molecule has 0 aliphatic carbocycles. The maximum atomic E-state index is 12.2. The number of carbonyl (C=O) groups excluding carboxylic acids is 2. The van der Waals surface area contributed by atoms with Gasteiger partial charge in [0.05, 0.1) is 5.69 Å². The van der Waals surface area contributed by atoms with Gasteiger partial charge in [0.25, 0.3) is 5.91 Å². The molecule has 1 saturated heterocycles. The lowest BCUT2D eigenvalue weighted by atomic mass is 10.1. The van der Waals surface area contributed by atoms with Gasteiger partial charge in [0, 0.05) is 31.6 Å². The van der Waals surface area contributed by atoms with E-state index in [-0.39, 0.29) is 11.8 Å². The predicted molar refractivity (Wildman–Crippen MR) is 92.4 cm³/mol. The van der Waals surface area contributed by atoms with Crippen LogP contribution in [0, 0.1) is 0 Å². The number of hydrogen-bond donors (Lipinski definition) is 1. The van der Waals surface area contributed by atoms with Crippen LogP contribution < -0.4 is 5.32 Å². The fraction of sp³-hybridized carbons (Fsp3) is 0.316. The van der Waals surface area contributed by atoms with Crippen LogP contribution in [0.5, 0.6) is 0 Å². The highest BCUT2D eigenvalue weighted by Gasteiger charge is 2.19. The number of aromatic nitrogens is 1. The zero-order valence-corrected chi connectivity index (χ0v) is 13.6. The lowest BCUT2D eigenvalue weighted by Crippen LogP contribution is -2.31. The van der Waals surface area contributed by atoms with E-state index in [9.17, 15) is 9.59 Å². The fourth-order valence-corrected chi connectivity index (χ4v) is 2.83. The molecule has 3 rings (SSSR count). The molecule has 1 aliphatic heterocycles. The molecule has 24 heavy (non-hydrogen) atoms. The van der Waals surface area contributed by atoms with Crippen molar-refractivity contribution in [2.75, 3.05) is 19.6 Å². The Kier molecular flexibility index (Phi) is 5.21. The van der Waals surface area contributed by atoms with Crippen LogP contribution in [-0.2, 0) is 4.79 Å². The summed E-state index contributed by atoms with van der Waals surface area (Å²) in [7, 11) is 0. The number of pyridine rings is 1. The van der Waals surface area contributed by atoms with Gasteiger partial charge < -0.3 is 10.2 Å². The summed E-state index contributed by atoms with van der Waals surface area (Å²) in [6.07, 6.45) is 2.36. The molecule has 124 valence electrons. The third-order valence-corrected chi connectivity index (χ3v) is 4.11. The molecule has 2 amide bonds. The second kappa shape index (κ2) is 7.73. The topological polar surface area (TPSA) is 62.3 Å². The number of amides is 2. The molecule has 0 saturated carbocycles. The minimum atomic E-state index is -0.180. The van der Waals surface area contributed by atoms with E-state index in [1.807, 2.05) is 47.4 Å². The Balaban J connectivity index is 1.52. The van der Waals surface area contributed by atoms with Crippen LogP contribution in [-0.4, -0.2) is 41.3 Å². The van der Waals surface area contributed by atoms with Crippen molar-refractivity contribution in [3.63, 3.8) is 0 Å². The van der Waals surface area contributed by atoms with Crippen molar-refractivity contribution in [2.45, 2.75) is 19.3 Å². The maximum absolute atomic E-state index is 12.2. The van der Waals surface area contributed by atoms with Gasteiger partial charge >= 0.3 is 0 Å². The van der Waals surface area contributed by atoms with Crippen LogP contribution >= 0.6 is 0 Å². The van der Waals surface area contributed by atoms with Crippen molar-refractivity contribution in [3.8, 4) is 11.3 Å². The van der Waals surface area contributed by atoms with Crippen LogP contribution in [0.4, 0.5) is 0 Å². The summed E-state index contributed by atoms with van der Waals surface area (Å²) in [5, 5.41) is 2.88. The minimum absolute atomic E-state index is 0.180. The van der Waals surface area contributed by atoms with Gasteiger partial charge in [-0.3, -0.25) is 9.59 Å². The van der Waals surface area contributed by atoms with E-state index in [0.717, 1.165) is 30.6 Å². The highest BCUT2D eigenvalue weighted by Crippen LogP contribution is 2.16. The number of likely N-dealkylation sites (tertiary alicyclic amines) is 1. The van der Waals surface area contributed by atoms with Gasteiger partial charge in [-0.25, -0.2) is 4.98 Å². The first-order valence-electron chi connectivity index (χ1n) is 8.32. The first-order chi connectivity index (χ1) is 11.7. The zero-order valence-electron chi connectivity index (χ0n) is 13.6. The van der Waals surface area contributed by atoms with Gasteiger partial charge in [-0.15, -0.1) is 0 Å². The van der Waals surface area contributed by atoms with E-state index in [4.69, 9.17) is 0 Å². The number of benzene rings is 1. The van der Waals surface area contributed by atoms with E-state index in [2.05, 4.69) is 10.3 Å². The highest BCUT2D eigenvalue weighted by molar-refractivity contribution is 5.92. The average molecular weight is 323 g/mol. The summed E-state index contributed by atoms with van der Waals surface area (Å²) in [5.74, 6) is 0.0408. The van der Waals surface area contributed by atoms with Crippen LogP contribution in [0.1, 0.15) is 29.8 Å². The first-order valence-corrected chi connectivity index (χ1v) is 8.32. The summed E-state index contributed by atoms with van der Waals surface area (Å²) >= 11 is 0. The van der Waals surface area contributed by atoms with Crippen molar-refractivity contribution in [1.82, 2.24) is 15.2 Å². The lowest BCUT2D eigenvalue weighted by Gasteiger charge is -2.15. The molecule has 2 aromatic rings. The monoisotopic (exact) mass is 323 g/mol. The third-order valence-electron chi connectivity index (χ3n) is 4.11.